The molecule has 2 saturated carbocycles. The highest BCUT2D eigenvalue weighted by molar-refractivity contribution is 7.90. The van der Waals surface area contributed by atoms with Crippen LogP contribution >= 0.6 is 0 Å². The molecule has 3 heterocycles. The van der Waals surface area contributed by atoms with E-state index in [1.54, 1.807) is 6.20 Å². The van der Waals surface area contributed by atoms with Gasteiger partial charge in [-0.05, 0) is 37.7 Å². The molecule has 0 unspecified atom stereocenters. The van der Waals surface area contributed by atoms with Crippen LogP contribution in [0.4, 0.5) is 0 Å². The summed E-state index contributed by atoms with van der Waals surface area (Å²) in [7, 11) is -3.16. The highest BCUT2D eigenvalue weighted by Crippen LogP contribution is 2.40. The van der Waals surface area contributed by atoms with Crippen LogP contribution in [0, 0.1) is 5.92 Å². The van der Waals surface area contributed by atoms with Gasteiger partial charge in [0.1, 0.15) is 5.82 Å². The van der Waals surface area contributed by atoms with Gasteiger partial charge in [0, 0.05) is 18.2 Å². The van der Waals surface area contributed by atoms with Gasteiger partial charge < -0.3 is 4.98 Å². The number of hydrogen-bond acceptors (Lipinski definition) is 5. The molecule has 0 bridgehead atoms. The van der Waals surface area contributed by atoms with E-state index in [4.69, 9.17) is 0 Å². The van der Waals surface area contributed by atoms with Crippen molar-refractivity contribution in [2.24, 2.45) is 5.92 Å². The number of nitrogens with zero attached hydrogens (tertiary/aromatic N) is 4. The molecule has 3 aromatic rings. The van der Waals surface area contributed by atoms with E-state index in [0.717, 1.165) is 48.3 Å². The SMILES string of the molecule is C[C@@H]1C[C@@H](NS(=O)(=O)C2CC2)C[C@H]1c1nnc2cnc3[nH]ccc3n12. The summed E-state index contributed by atoms with van der Waals surface area (Å²) in [6.45, 7) is 2.16. The standard InChI is InChI=1S/C16H20N6O2S/c1-9-6-10(21-25(23,24)11-2-3-11)7-12(9)16-20-19-14-8-18-15-13(22(14)16)4-5-17-15/h4-5,8-12,17,21H,2-3,6-7H2,1H3/t9-,10-,12-/m1/s1. The average Bonchev–Trinajstić information content (AvgIpc) is 3.03. The van der Waals surface area contributed by atoms with Crippen molar-refractivity contribution in [2.75, 3.05) is 0 Å². The highest BCUT2D eigenvalue weighted by atomic mass is 32.2. The maximum Gasteiger partial charge on any atom is 0.214 e. The fourth-order valence-electron chi connectivity index (χ4n) is 4.05. The van der Waals surface area contributed by atoms with Gasteiger partial charge in [0.15, 0.2) is 11.3 Å². The van der Waals surface area contributed by atoms with Gasteiger partial charge >= 0.3 is 0 Å². The second-order valence-electron chi connectivity index (χ2n) is 7.34. The molecule has 2 aliphatic rings. The van der Waals surface area contributed by atoms with Crippen LogP contribution in [0.25, 0.3) is 16.8 Å². The molecule has 0 aromatic carbocycles. The van der Waals surface area contributed by atoms with Crippen LogP contribution < -0.4 is 4.72 Å². The largest absolute Gasteiger partial charge is 0.345 e. The van der Waals surface area contributed by atoms with Crippen LogP contribution in [-0.2, 0) is 10.0 Å². The van der Waals surface area contributed by atoms with Gasteiger partial charge in [-0.3, -0.25) is 4.40 Å². The fourth-order valence-corrected chi connectivity index (χ4v) is 5.66. The molecule has 3 atom stereocenters. The van der Waals surface area contributed by atoms with E-state index < -0.39 is 10.0 Å². The zero-order chi connectivity index (χ0) is 17.2. The third kappa shape index (κ3) is 2.44. The molecule has 0 aliphatic heterocycles. The summed E-state index contributed by atoms with van der Waals surface area (Å²) in [6, 6.07) is 1.94. The number of fused-ring (bicyclic) bond motifs is 3. The summed E-state index contributed by atoms with van der Waals surface area (Å²) in [5.74, 6) is 1.39. The normalized spacial score (nSPS) is 27.5. The molecule has 2 fully saturated rings. The first-order valence-corrected chi connectivity index (χ1v) is 10.3. The summed E-state index contributed by atoms with van der Waals surface area (Å²) in [5.41, 5.74) is 2.47. The van der Waals surface area contributed by atoms with Gasteiger partial charge in [-0.1, -0.05) is 6.92 Å². The Morgan fingerprint density at radius 1 is 1.28 bits per heavy atom. The minimum absolute atomic E-state index is 0.0264. The molecule has 5 rings (SSSR count). The molecule has 9 heteroatoms. The third-order valence-electron chi connectivity index (χ3n) is 5.47. The van der Waals surface area contributed by atoms with Crippen molar-refractivity contribution in [3.05, 3.63) is 24.3 Å². The first kappa shape index (κ1) is 15.3. The number of aromatic amines is 1. The van der Waals surface area contributed by atoms with Gasteiger partial charge in [-0.15, -0.1) is 10.2 Å². The van der Waals surface area contributed by atoms with E-state index >= 15 is 0 Å². The summed E-state index contributed by atoms with van der Waals surface area (Å²) >= 11 is 0. The summed E-state index contributed by atoms with van der Waals surface area (Å²) < 4.78 is 29.4. The lowest BCUT2D eigenvalue weighted by molar-refractivity contribution is 0.505. The second kappa shape index (κ2) is 5.25. The second-order valence-corrected chi connectivity index (χ2v) is 9.33. The Kier molecular flexibility index (Phi) is 3.21. The Morgan fingerprint density at radius 3 is 2.92 bits per heavy atom. The van der Waals surface area contributed by atoms with Crippen molar-refractivity contribution in [3.63, 3.8) is 0 Å². The summed E-state index contributed by atoms with van der Waals surface area (Å²) in [5, 5.41) is 8.50. The minimum atomic E-state index is -3.16. The van der Waals surface area contributed by atoms with Gasteiger partial charge in [0.25, 0.3) is 0 Å². The number of nitrogens with one attached hydrogen (secondary N) is 2. The van der Waals surface area contributed by atoms with E-state index in [1.165, 1.54) is 0 Å². The van der Waals surface area contributed by atoms with Crippen molar-refractivity contribution in [2.45, 2.75) is 49.8 Å². The Bertz CT molecular complexity index is 1050. The predicted octanol–water partition coefficient (Wildman–Crippen LogP) is 1.57. The highest BCUT2D eigenvalue weighted by Gasteiger charge is 2.41. The zero-order valence-corrected chi connectivity index (χ0v) is 14.7. The van der Waals surface area contributed by atoms with E-state index in [2.05, 4.69) is 31.8 Å². The number of aromatic nitrogens is 5. The molecule has 3 aromatic heterocycles. The van der Waals surface area contributed by atoms with E-state index in [0.29, 0.717) is 5.92 Å². The number of H-pyrrole nitrogens is 1. The van der Waals surface area contributed by atoms with Gasteiger partial charge in [0.2, 0.25) is 10.0 Å². The molecule has 25 heavy (non-hydrogen) atoms. The topological polar surface area (TPSA) is 105 Å². The van der Waals surface area contributed by atoms with Crippen LogP contribution in [0.3, 0.4) is 0 Å². The quantitative estimate of drug-likeness (QED) is 0.735. The summed E-state index contributed by atoms with van der Waals surface area (Å²) in [4.78, 5) is 7.46. The molecule has 132 valence electrons. The number of rotatable bonds is 4. The van der Waals surface area contributed by atoms with Crippen LogP contribution in [0.1, 0.15) is 44.3 Å². The van der Waals surface area contributed by atoms with E-state index in [-0.39, 0.29) is 17.2 Å². The average molecular weight is 360 g/mol. The molecular formula is C16H20N6O2S. The van der Waals surface area contributed by atoms with Crippen molar-refractivity contribution in [1.82, 2.24) is 29.3 Å². The molecule has 2 aliphatic carbocycles. The maximum atomic E-state index is 12.2. The number of sulfonamides is 1. The minimum Gasteiger partial charge on any atom is -0.345 e. The maximum absolute atomic E-state index is 12.2. The van der Waals surface area contributed by atoms with Gasteiger partial charge in [0.05, 0.1) is 17.0 Å². The van der Waals surface area contributed by atoms with Crippen LogP contribution in [0.15, 0.2) is 18.5 Å². The molecule has 8 nitrogen and oxygen atoms in total. The first-order chi connectivity index (χ1) is 12.0. The predicted molar refractivity (Wildman–Crippen MR) is 92.6 cm³/mol. The Labute approximate surface area is 145 Å². The summed E-state index contributed by atoms with van der Waals surface area (Å²) in [6.07, 6.45) is 6.71. The molecule has 0 radical (unpaired) electrons. The van der Waals surface area contributed by atoms with Crippen LogP contribution in [0.5, 0.6) is 0 Å². The smallest absolute Gasteiger partial charge is 0.214 e. The van der Waals surface area contributed by atoms with Crippen molar-refractivity contribution in [3.8, 4) is 0 Å². The van der Waals surface area contributed by atoms with E-state index in [9.17, 15) is 8.42 Å². The van der Waals surface area contributed by atoms with Crippen LogP contribution in [-0.4, -0.2) is 44.3 Å². The molecule has 2 N–H and O–H groups in total. The van der Waals surface area contributed by atoms with E-state index in [1.807, 2.05) is 16.7 Å². The number of hydrogen-bond donors (Lipinski definition) is 2. The lowest BCUT2D eigenvalue weighted by atomic mass is 9.97. The Hall–Kier alpha value is -2.00. The van der Waals surface area contributed by atoms with Crippen molar-refractivity contribution < 1.29 is 8.42 Å². The lowest BCUT2D eigenvalue weighted by Crippen LogP contribution is -2.35. The van der Waals surface area contributed by atoms with Crippen molar-refractivity contribution in [1.29, 1.82) is 0 Å². The molecular weight excluding hydrogens is 340 g/mol. The molecule has 0 saturated heterocycles. The monoisotopic (exact) mass is 360 g/mol. The van der Waals surface area contributed by atoms with Gasteiger partial charge in [-0.25, -0.2) is 18.1 Å². The zero-order valence-electron chi connectivity index (χ0n) is 13.9. The van der Waals surface area contributed by atoms with Crippen molar-refractivity contribution >= 4 is 26.8 Å². The lowest BCUT2D eigenvalue weighted by Gasteiger charge is -2.13. The molecule has 0 spiro atoms. The van der Waals surface area contributed by atoms with Crippen LogP contribution in [0.2, 0.25) is 0 Å². The Morgan fingerprint density at radius 2 is 2.12 bits per heavy atom. The Balaban J connectivity index is 1.49. The van der Waals surface area contributed by atoms with Gasteiger partial charge in [-0.2, -0.15) is 0 Å². The first-order valence-electron chi connectivity index (χ1n) is 8.71. The molecule has 0 amide bonds. The fraction of sp³-hybridized carbons (Fsp3) is 0.562. The third-order valence-corrected chi connectivity index (χ3v) is 7.49.